The Labute approximate surface area is 92.3 Å². The van der Waals surface area contributed by atoms with Crippen LogP contribution in [0.1, 0.15) is 4.28 Å². The maximum Gasteiger partial charge on any atom is 2.00 e. The van der Waals surface area contributed by atoms with Gasteiger partial charge in [0.2, 0.25) is 0 Å². The van der Waals surface area contributed by atoms with E-state index >= 15 is 0 Å². The number of rotatable bonds is 0. The van der Waals surface area contributed by atoms with E-state index in [1.54, 1.807) is 0 Å². The first-order valence-electron chi connectivity index (χ1n) is 0.698. The van der Waals surface area contributed by atoms with E-state index in [9.17, 15) is 0 Å². The summed E-state index contributed by atoms with van der Waals surface area (Å²) in [4.78, 5) is 0. The summed E-state index contributed by atoms with van der Waals surface area (Å²) in [5.41, 5.74) is 0. The molecule has 0 aliphatic rings. The maximum atomic E-state index is 8.74. The van der Waals surface area contributed by atoms with Crippen LogP contribution in [-0.2, 0) is 10.4 Å². The Kier molecular flexibility index (Phi) is 13.2. The Morgan fingerprint density at radius 3 is 1.29 bits per heavy atom. The van der Waals surface area contributed by atoms with Crippen molar-refractivity contribution in [2.24, 2.45) is 0 Å². The molecule has 2 N–H and O–H groups in total. The van der Waals surface area contributed by atoms with Crippen molar-refractivity contribution in [1.82, 2.24) is 0 Å². The van der Waals surface area contributed by atoms with E-state index in [4.69, 9.17) is 17.5 Å². The molecule has 0 aliphatic carbocycles. The SMILES string of the molecule is O=S(=O)(O)O.[Be+2].[H-].[H-].[H-].[K+]. The normalized spacial score (nSPS) is 8.29. The van der Waals surface area contributed by atoms with Gasteiger partial charge in [-0.15, -0.1) is 0 Å². The third-order valence-corrected chi connectivity index (χ3v) is 0. The van der Waals surface area contributed by atoms with Gasteiger partial charge >= 0.3 is 71.9 Å². The third kappa shape index (κ3) is 88.1. The minimum absolute atomic E-state index is 0. The van der Waals surface area contributed by atoms with Crippen LogP contribution in [0, 0.1) is 0 Å². The second kappa shape index (κ2) is 5.81. The van der Waals surface area contributed by atoms with E-state index in [1.165, 1.54) is 0 Å². The smallest absolute Gasteiger partial charge is 1.00 e. The van der Waals surface area contributed by atoms with Crippen molar-refractivity contribution >= 4 is 20.5 Å². The van der Waals surface area contributed by atoms with Crippen LogP contribution in [0.25, 0.3) is 0 Å². The van der Waals surface area contributed by atoms with Crippen molar-refractivity contribution in [3.05, 3.63) is 0 Å². The Morgan fingerprint density at radius 1 is 1.29 bits per heavy atom. The van der Waals surface area contributed by atoms with Crippen molar-refractivity contribution in [1.29, 1.82) is 0 Å². The zero-order valence-electron chi connectivity index (χ0n) is 6.83. The molecule has 0 saturated carbocycles. The van der Waals surface area contributed by atoms with Gasteiger partial charge in [-0.2, -0.15) is 8.42 Å². The standard InChI is InChI=1S/Be.K.H2O4S.3H/c;;1-5(2,3)4;;;/h;;(H2,1,2,3,4);;;/q+2;+1;;3*-1. The molecule has 0 fully saturated rings. The Balaban J connectivity index is -0.00000000800. The largest absolute Gasteiger partial charge is 2.00 e. The zero-order valence-corrected chi connectivity index (χ0v) is 7.77. The van der Waals surface area contributed by atoms with Gasteiger partial charge in [0.15, 0.2) is 0 Å². The molecular formula is H5BeKO4S. The fourth-order valence-corrected chi connectivity index (χ4v) is 0. The summed E-state index contributed by atoms with van der Waals surface area (Å²) < 4.78 is 31.6. The molecule has 0 aromatic heterocycles. The molecule has 4 nitrogen and oxygen atoms in total. The Morgan fingerprint density at radius 2 is 1.29 bits per heavy atom. The molecule has 0 heterocycles. The predicted molar refractivity (Wildman–Crippen MR) is 23.3 cm³/mol. The Bertz CT molecular complexity index is 104. The topological polar surface area (TPSA) is 74.6 Å². The van der Waals surface area contributed by atoms with Crippen LogP contribution in [-0.4, -0.2) is 27.6 Å². The van der Waals surface area contributed by atoms with Gasteiger partial charge in [-0.1, -0.05) is 0 Å². The second-order valence-electron chi connectivity index (χ2n) is 0.448. The summed E-state index contributed by atoms with van der Waals surface area (Å²) in [6.07, 6.45) is 0. The van der Waals surface area contributed by atoms with Crippen molar-refractivity contribution in [2.75, 3.05) is 0 Å². The van der Waals surface area contributed by atoms with Gasteiger partial charge in [-0.05, 0) is 0 Å². The average molecular weight is 149 g/mol. The van der Waals surface area contributed by atoms with Crippen molar-refractivity contribution in [3.63, 3.8) is 0 Å². The molecule has 0 rings (SSSR count). The fraction of sp³-hybridized carbons (Fsp3) is 0. The van der Waals surface area contributed by atoms with Gasteiger partial charge in [-0.25, -0.2) is 0 Å². The summed E-state index contributed by atoms with van der Waals surface area (Å²) in [7, 11) is -4.67. The Hall–Kier alpha value is 1.68. The van der Waals surface area contributed by atoms with Gasteiger partial charge in [-0.3, -0.25) is 9.11 Å². The first-order valence-corrected chi connectivity index (χ1v) is 2.10. The van der Waals surface area contributed by atoms with Gasteiger partial charge in [0.05, 0.1) is 0 Å². The van der Waals surface area contributed by atoms with E-state index in [-0.39, 0.29) is 65.8 Å². The van der Waals surface area contributed by atoms with Crippen LogP contribution in [0.15, 0.2) is 0 Å². The molecule has 38 valence electrons. The molecule has 0 atom stereocenters. The van der Waals surface area contributed by atoms with Gasteiger partial charge < -0.3 is 4.28 Å². The van der Waals surface area contributed by atoms with Crippen molar-refractivity contribution in [3.8, 4) is 0 Å². The van der Waals surface area contributed by atoms with E-state index in [2.05, 4.69) is 0 Å². The van der Waals surface area contributed by atoms with Gasteiger partial charge in [0, 0.05) is 0 Å². The third-order valence-electron chi connectivity index (χ3n) is 0. The number of hydrogen-bond acceptors (Lipinski definition) is 2. The molecule has 0 radical (unpaired) electrons. The number of hydrogen-bond donors (Lipinski definition) is 2. The van der Waals surface area contributed by atoms with Crippen molar-refractivity contribution < 1.29 is 73.2 Å². The van der Waals surface area contributed by atoms with Gasteiger partial charge in [0.1, 0.15) is 0 Å². The second-order valence-corrected chi connectivity index (χ2v) is 1.34. The molecule has 0 amide bonds. The van der Waals surface area contributed by atoms with E-state index in [1.807, 2.05) is 0 Å². The average Bonchev–Trinajstić information content (AvgIpc) is 0.722. The molecule has 7 heteroatoms. The minimum atomic E-state index is -4.67. The summed E-state index contributed by atoms with van der Waals surface area (Å²) in [6, 6.07) is 0. The van der Waals surface area contributed by atoms with Crippen LogP contribution in [0.4, 0.5) is 0 Å². The first kappa shape index (κ1) is 15.9. The molecule has 7 heavy (non-hydrogen) atoms. The molecule has 0 saturated heterocycles. The predicted octanol–water partition coefficient (Wildman–Crippen LogP) is -3.69. The molecular weight excluding hydrogens is 144 g/mol. The summed E-state index contributed by atoms with van der Waals surface area (Å²) in [5, 5.41) is 0. The van der Waals surface area contributed by atoms with Crippen LogP contribution in [0.2, 0.25) is 0 Å². The molecule has 0 aromatic rings. The molecule has 0 aliphatic heterocycles. The van der Waals surface area contributed by atoms with E-state index < -0.39 is 10.4 Å². The quantitative estimate of drug-likeness (QED) is 0.275. The summed E-state index contributed by atoms with van der Waals surface area (Å²) in [5.74, 6) is 0. The van der Waals surface area contributed by atoms with Crippen LogP contribution >= 0.6 is 0 Å². The van der Waals surface area contributed by atoms with Crippen LogP contribution in [0.5, 0.6) is 0 Å². The molecule has 0 aromatic carbocycles. The van der Waals surface area contributed by atoms with E-state index in [0.717, 1.165) is 0 Å². The molecule has 0 spiro atoms. The molecule has 0 bridgehead atoms. The fourth-order valence-electron chi connectivity index (χ4n) is 0. The van der Waals surface area contributed by atoms with Crippen molar-refractivity contribution in [2.45, 2.75) is 0 Å². The van der Waals surface area contributed by atoms with Crippen LogP contribution in [0.3, 0.4) is 0 Å². The van der Waals surface area contributed by atoms with E-state index in [0.29, 0.717) is 0 Å². The minimum Gasteiger partial charge on any atom is -1.00 e. The maximum absolute atomic E-state index is 8.74. The van der Waals surface area contributed by atoms with Gasteiger partial charge in [0.25, 0.3) is 0 Å². The zero-order chi connectivity index (χ0) is 4.50. The summed E-state index contributed by atoms with van der Waals surface area (Å²) >= 11 is 0. The van der Waals surface area contributed by atoms with Crippen LogP contribution < -0.4 is 51.4 Å². The monoisotopic (exact) mass is 149 g/mol. The molecule has 0 unspecified atom stereocenters. The summed E-state index contributed by atoms with van der Waals surface area (Å²) in [6.45, 7) is 0. The first-order chi connectivity index (χ1) is 2.00.